The van der Waals surface area contributed by atoms with Crippen LogP contribution >= 0.6 is 11.6 Å². The van der Waals surface area contributed by atoms with Crippen molar-refractivity contribution < 1.29 is 18.4 Å². The molecule has 2 aromatic rings. The number of nitrogens with zero attached hydrogens (tertiary/aromatic N) is 1. The standard InChI is InChI=1S/C21H24ClFN2O2/c1-25(2)10-8-15(9-11-25)14-27-21(26)24-20-7-6-18(23)13-19(20)16-4-3-5-17(22)12-16/h3-7,12-13,15H,8-11,14H2,1-2H3/p+1. The van der Waals surface area contributed by atoms with Crippen molar-refractivity contribution in [3.8, 4) is 11.1 Å². The third kappa shape index (κ3) is 5.44. The molecule has 0 unspecified atom stereocenters. The van der Waals surface area contributed by atoms with Gasteiger partial charge in [-0.15, -0.1) is 0 Å². The number of ether oxygens (including phenoxy) is 1. The number of rotatable bonds is 4. The van der Waals surface area contributed by atoms with Gasteiger partial charge in [0.1, 0.15) is 5.82 Å². The molecule has 0 aliphatic carbocycles. The van der Waals surface area contributed by atoms with Gasteiger partial charge in [-0.05, 0) is 35.9 Å². The molecule has 6 heteroatoms. The van der Waals surface area contributed by atoms with Crippen molar-refractivity contribution in [2.75, 3.05) is 39.1 Å². The SMILES string of the molecule is C[N+]1(C)CCC(COC(=O)Nc2ccc(F)cc2-c2cccc(Cl)c2)CC1. The summed E-state index contributed by atoms with van der Waals surface area (Å²) in [5.41, 5.74) is 1.78. The molecular formula is C21H25ClFN2O2+. The predicted octanol–water partition coefficient (Wildman–Crippen LogP) is 5.18. The van der Waals surface area contributed by atoms with E-state index in [1.54, 1.807) is 18.2 Å². The molecule has 4 nitrogen and oxygen atoms in total. The van der Waals surface area contributed by atoms with E-state index >= 15 is 0 Å². The number of benzene rings is 2. The molecule has 27 heavy (non-hydrogen) atoms. The van der Waals surface area contributed by atoms with Crippen molar-refractivity contribution in [1.82, 2.24) is 0 Å². The number of quaternary nitrogens is 1. The van der Waals surface area contributed by atoms with E-state index in [-0.39, 0.29) is 5.82 Å². The number of carbonyl (C=O) groups excluding carboxylic acids is 1. The van der Waals surface area contributed by atoms with E-state index in [0.29, 0.717) is 28.8 Å². The average molecular weight is 392 g/mol. The summed E-state index contributed by atoms with van der Waals surface area (Å²) < 4.78 is 20.2. The van der Waals surface area contributed by atoms with Gasteiger partial charge in [-0.25, -0.2) is 9.18 Å². The number of piperidine rings is 1. The van der Waals surface area contributed by atoms with Crippen LogP contribution in [0, 0.1) is 11.7 Å². The third-order valence-corrected chi connectivity index (χ3v) is 5.32. The molecule has 0 saturated carbocycles. The molecule has 1 N–H and O–H groups in total. The molecule has 3 rings (SSSR count). The van der Waals surface area contributed by atoms with E-state index in [2.05, 4.69) is 19.4 Å². The minimum absolute atomic E-state index is 0.383. The van der Waals surface area contributed by atoms with E-state index in [9.17, 15) is 9.18 Å². The molecule has 0 aromatic heterocycles. The topological polar surface area (TPSA) is 38.3 Å². The smallest absolute Gasteiger partial charge is 0.411 e. The highest BCUT2D eigenvalue weighted by atomic mass is 35.5. The monoisotopic (exact) mass is 391 g/mol. The summed E-state index contributed by atoms with van der Waals surface area (Å²) in [6.45, 7) is 2.58. The van der Waals surface area contributed by atoms with Crippen molar-refractivity contribution in [2.24, 2.45) is 5.92 Å². The second kappa shape index (κ2) is 8.28. The van der Waals surface area contributed by atoms with Crippen LogP contribution in [0.2, 0.25) is 5.02 Å². The molecule has 1 heterocycles. The van der Waals surface area contributed by atoms with Gasteiger partial charge >= 0.3 is 6.09 Å². The first-order chi connectivity index (χ1) is 12.8. The lowest BCUT2D eigenvalue weighted by atomic mass is 9.97. The van der Waals surface area contributed by atoms with Gasteiger partial charge < -0.3 is 9.22 Å². The molecule has 0 bridgehead atoms. The first kappa shape index (κ1) is 19.6. The zero-order valence-electron chi connectivity index (χ0n) is 15.7. The number of nitrogens with one attached hydrogen (secondary N) is 1. The Kier molecular flexibility index (Phi) is 6.02. The fourth-order valence-corrected chi connectivity index (χ4v) is 3.54. The second-order valence-electron chi connectivity index (χ2n) is 7.75. The van der Waals surface area contributed by atoms with Gasteiger partial charge in [-0.1, -0.05) is 23.7 Å². The second-order valence-corrected chi connectivity index (χ2v) is 8.19. The van der Waals surface area contributed by atoms with Gasteiger partial charge in [0.05, 0.1) is 39.5 Å². The fraction of sp³-hybridized carbons (Fsp3) is 0.381. The summed E-state index contributed by atoms with van der Waals surface area (Å²) in [6, 6.07) is 11.3. The number of anilines is 1. The number of hydrogen-bond acceptors (Lipinski definition) is 2. The van der Waals surface area contributed by atoms with Crippen LogP contribution in [0.1, 0.15) is 12.8 Å². The Balaban J connectivity index is 1.64. The summed E-state index contributed by atoms with van der Waals surface area (Å²) in [4.78, 5) is 12.3. The molecule has 0 radical (unpaired) electrons. The summed E-state index contributed by atoms with van der Waals surface area (Å²) >= 11 is 6.04. The first-order valence-corrected chi connectivity index (χ1v) is 9.51. The Morgan fingerprint density at radius 3 is 2.67 bits per heavy atom. The molecule has 1 amide bonds. The van der Waals surface area contributed by atoms with Crippen LogP contribution in [-0.4, -0.2) is 44.4 Å². The Morgan fingerprint density at radius 2 is 1.96 bits per heavy atom. The minimum Gasteiger partial charge on any atom is -0.449 e. The summed E-state index contributed by atoms with van der Waals surface area (Å²) in [7, 11) is 4.44. The molecule has 2 aromatic carbocycles. The van der Waals surface area contributed by atoms with E-state index in [1.165, 1.54) is 18.2 Å². The largest absolute Gasteiger partial charge is 0.449 e. The van der Waals surface area contributed by atoms with E-state index in [1.807, 2.05) is 6.07 Å². The van der Waals surface area contributed by atoms with Crippen molar-refractivity contribution in [1.29, 1.82) is 0 Å². The molecule has 1 fully saturated rings. The number of carbonyl (C=O) groups is 1. The number of likely N-dealkylation sites (tertiary alicyclic amines) is 1. The highest BCUT2D eigenvalue weighted by Gasteiger charge is 2.27. The van der Waals surface area contributed by atoms with Gasteiger partial charge in [0, 0.05) is 29.3 Å². The third-order valence-electron chi connectivity index (χ3n) is 5.09. The predicted molar refractivity (Wildman–Crippen MR) is 106 cm³/mol. The van der Waals surface area contributed by atoms with E-state index < -0.39 is 6.09 Å². The normalized spacial score (nSPS) is 16.7. The highest BCUT2D eigenvalue weighted by Crippen LogP contribution is 2.31. The summed E-state index contributed by atoms with van der Waals surface area (Å²) in [5.74, 6) is 0.00866. The van der Waals surface area contributed by atoms with Gasteiger partial charge in [0.25, 0.3) is 0 Å². The van der Waals surface area contributed by atoms with Crippen molar-refractivity contribution in [3.63, 3.8) is 0 Å². The molecule has 1 aliphatic rings. The lowest BCUT2D eigenvalue weighted by Gasteiger charge is -2.36. The van der Waals surface area contributed by atoms with Crippen LogP contribution < -0.4 is 5.32 Å². The molecule has 0 atom stereocenters. The van der Waals surface area contributed by atoms with E-state index in [4.69, 9.17) is 16.3 Å². The maximum absolute atomic E-state index is 13.7. The maximum Gasteiger partial charge on any atom is 0.411 e. The molecule has 1 saturated heterocycles. The van der Waals surface area contributed by atoms with Crippen LogP contribution in [0.5, 0.6) is 0 Å². The molecule has 0 spiro atoms. The Morgan fingerprint density at radius 1 is 1.22 bits per heavy atom. The lowest BCUT2D eigenvalue weighted by molar-refractivity contribution is -0.896. The first-order valence-electron chi connectivity index (χ1n) is 9.14. The number of hydrogen-bond donors (Lipinski definition) is 1. The van der Waals surface area contributed by atoms with Crippen LogP contribution in [0.3, 0.4) is 0 Å². The Hall–Kier alpha value is -2.11. The van der Waals surface area contributed by atoms with Crippen LogP contribution in [0.4, 0.5) is 14.9 Å². The van der Waals surface area contributed by atoms with Gasteiger partial charge in [-0.2, -0.15) is 0 Å². The maximum atomic E-state index is 13.7. The molecule has 1 aliphatic heterocycles. The van der Waals surface area contributed by atoms with Gasteiger partial charge in [0.15, 0.2) is 0 Å². The van der Waals surface area contributed by atoms with Gasteiger partial charge in [0.2, 0.25) is 0 Å². The van der Waals surface area contributed by atoms with Gasteiger partial charge in [-0.3, -0.25) is 5.32 Å². The average Bonchev–Trinajstić information content (AvgIpc) is 2.62. The van der Waals surface area contributed by atoms with Crippen molar-refractivity contribution >= 4 is 23.4 Å². The fourth-order valence-electron chi connectivity index (χ4n) is 3.35. The summed E-state index contributed by atoms with van der Waals surface area (Å²) in [6.07, 6.45) is 1.57. The number of amides is 1. The number of halogens is 2. The molecular weight excluding hydrogens is 367 g/mol. The quantitative estimate of drug-likeness (QED) is 0.729. The lowest BCUT2D eigenvalue weighted by Crippen LogP contribution is -2.46. The van der Waals surface area contributed by atoms with Crippen LogP contribution in [0.15, 0.2) is 42.5 Å². The zero-order valence-corrected chi connectivity index (χ0v) is 16.4. The van der Waals surface area contributed by atoms with Crippen LogP contribution in [-0.2, 0) is 4.74 Å². The van der Waals surface area contributed by atoms with Crippen molar-refractivity contribution in [3.05, 3.63) is 53.3 Å². The zero-order chi connectivity index (χ0) is 19.4. The minimum atomic E-state index is -0.524. The Labute approximate surface area is 164 Å². The van der Waals surface area contributed by atoms with E-state index in [0.717, 1.165) is 36.0 Å². The summed E-state index contributed by atoms with van der Waals surface area (Å²) in [5, 5.41) is 3.28. The van der Waals surface area contributed by atoms with Crippen LogP contribution in [0.25, 0.3) is 11.1 Å². The Bertz CT molecular complexity index is 816. The van der Waals surface area contributed by atoms with Crippen molar-refractivity contribution in [2.45, 2.75) is 12.8 Å². The molecule has 144 valence electrons. The highest BCUT2D eigenvalue weighted by molar-refractivity contribution is 6.30.